The number of benzene rings is 3. The molecule has 0 amide bonds. The number of fused-ring (bicyclic) bond motifs is 2. The maximum atomic E-state index is 13.6. The van der Waals surface area contributed by atoms with Crippen molar-refractivity contribution in [3.8, 4) is 17.2 Å². The van der Waals surface area contributed by atoms with Crippen molar-refractivity contribution in [2.24, 2.45) is 0 Å². The Balaban J connectivity index is 1.31. The standard InChI is InChI=1S/C25H28N2O5S/c1-2-15-30-22-9-10-25(21-6-4-3-5-20(21)22)33(28,29)27-13-11-26(12-14-27)17-19-7-8-23-24(16-19)32-18-31-23/h3-10,16H,2,11-15,17-18H2,1H3. The summed E-state index contributed by atoms with van der Waals surface area (Å²) in [5.41, 5.74) is 1.13. The first-order chi connectivity index (χ1) is 16.1. The summed E-state index contributed by atoms with van der Waals surface area (Å²) in [5.74, 6) is 2.26. The minimum atomic E-state index is -3.62. The van der Waals surface area contributed by atoms with Gasteiger partial charge in [0.2, 0.25) is 16.8 Å². The van der Waals surface area contributed by atoms with Crippen LogP contribution in [-0.2, 0) is 16.6 Å². The lowest BCUT2D eigenvalue weighted by atomic mass is 10.1. The number of sulfonamides is 1. The molecule has 0 unspecified atom stereocenters. The molecule has 0 spiro atoms. The van der Waals surface area contributed by atoms with Crippen LogP contribution >= 0.6 is 0 Å². The Morgan fingerprint density at radius 1 is 0.909 bits per heavy atom. The molecule has 2 aliphatic rings. The molecule has 0 atom stereocenters. The largest absolute Gasteiger partial charge is 0.493 e. The van der Waals surface area contributed by atoms with Crippen LogP contribution in [0.25, 0.3) is 10.8 Å². The molecule has 5 rings (SSSR count). The second kappa shape index (κ2) is 9.21. The first-order valence-electron chi connectivity index (χ1n) is 11.3. The zero-order valence-electron chi connectivity index (χ0n) is 18.7. The van der Waals surface area contributed by atoms with Crippen LogP contribution in [0.2, 0.25) is 0 Å². The fraction of sp³-hybridized carbons (Fsp3) is 0.360. The van der Waals surface area contributed by atoms with Gasteiger partial charge >= 0.3 is 0 Å². The van der Waals surface area contributed by atoms with Crippen LogP contribution in [0, 0.1) is 0 Å². The van der Waals surface area contributed by atoms with E-state index in [9.17, 15) is 8.42 Å². The van der Waals surface area contributed by atoms with Crippen molar-refractivity contribution in [3.63, 3.8) is 0 Å². The molecule has 1 saturated heterocycles. The normalized spacial score (nSPS) is 16.9. The average molecular weight is 469 g/mol. The van der Waals surface area contributed by atoms with Gasteiger partial charge in [0.1, 0.15) is 5.75 Å². The third kappa shape index (κ3) is 4.38. The molecule has 174 valence electrons. The van der Waals surface area contributed by atoms with E-state index in [1.54, 1.807) is 16.4 Å². The Morgan fingerprint density at radius 3 is 2.45 bits per heavy atom. The smallest absolute Gasteiger partial charge is 0.243 e. The Bertz CT molecular complexity index is 1250. The van der Waals surface area contributed by atoms with E-state index in [0.29, 0.717) is 43.1 Å². The summed E-state index contributed by atoms with van der Waals surface area (Å²) >= 11 is 0. The summed E-state index contributed by atoms with van der Waals surface area (Å²) in [6, 6.07) is 17.0. The lowest BCUT2D eigenvalue weighted by Crippen LogP contribution is -2.48. The Hall–Kier alpha value is -2.81. The topological polar surface area (TPSA) is 68.3 Å². The van der Waals surface area contributed by atoms with Crippen molar-refractivity contribution in [3.05, 3.63) is 60.2 Å². The molecule has 2 heterocycles. The summed E-state index contributed by atoms with van der Waals surface area (Å²) in [4.78, 5) is 2.61. The summed E-state index contributed by atoms with van der Waals surface area (Å²) < 4.78 is 45.4. The van der Waals surface area contributed by atoms with Gasteiger partial charge in [-0.05, 0) is 36.2 Å². The summed E-state index contributed by atoms with van der Waals surface area (Å²) in [6.45, 7) is 5.90. The molecule has 2 aliphatic heterocycles. The van der Waals surface area contributed by atoms with Crippen molar-refractivity contribution in [1.29, 1.82) is 0 Å². The SMILES string of the molecule is CCCOc1ccc(S(=O)(=O)N2CCN(Cc3ccc4c(c3)OCO4)CC2)c2ccccc12. The van der Waals surface area contributed by atoms with Gasteiger partial charge in [-0.2, -0.15) is 4.31 Å². The average Bonchev–Trinajstić information content (AvgIpc) is 3.31. The monoisotopic (exact) mass is 468 g/mol. The van der Waals surface area contributed by atoms with Gasteiger partial charge in [-0.25, -0.2) is 8.42 Å². The van der Waals surface area contributed by atoms with Gasteiger partial charge in [-0.15, -0.1) is 0 Å². The number of ether oxygens (including phenoxy) is 3. The van der Waals surface area contributed by atoms with Gasteiger partial charge in [0.25, 0.3) is 0 Å². The van der Waals surface area contributed by atoms with E-state index in [1.807, 2.05) is 49.4 Å². The zero-order valence-corrected chi connectivity index (χ0v) is 19.5. The predicted molar refractivity (Wildman–Crippen MR) is 126 cm³/mol. The maximum Gasteiger partial charge on any atom is 0.243 e. The van der Waals surface area contributed by atoms with Crippen molar-refractivity contribution in [2.45, 2.75) is 24.8 Å². The summed E-state index contributed by atoms with van der Waals surface area (Å²) in [5, 5.41) is 1.53. The van der Waals surface area contributed by atoms with Gasteiger partial charge in [0, 0.05) is 43.5 Å². The molecular weight excluding hydrogens is 440 g/mol. The highest BCUT2D eigenvalue weighted by molar-refractivity contribution is 7.89. The second-order valence-corrected chi connectivity index (χ2v) is 10.2. The molecule has 0 saturated carbocycles. The third-order valence-electron chi connectivity index (χ3n) is 6.10. The fourth-order valence-corrected chi connectivity index (χ4v) is 5.99. The Labute approximate surface area is 194 Å². The predicted octanol–water partition coefficient (Wildman–Crippen LogP) is 3.86. The van der Waals surface area contributed by atoms with E-state index in [0.717, 1.165) is 41.2 Å². The first-order valence-corrected chi connectivity index (χ1v) is 12.8. The van der Waals surface area contributed by atoms with E-state index < -0.39 is 10.0 Å². The van der Waals surface area contributed by atoms with Crippen LogP contribution in [0.4, 0.5) is 0 Å². The van der Waals surface area contributed by atoms with Crippen LogP contribution in [-0.4, -0.2) is 57.2 Å². The highest BCUT2D eigenvalue weighted by Crippen LogP contribution is 2.34. The number of rotatable bonds is 7. The van der Waals surface area contributed by atoms with Crippen LogP contribution in [0.15, 0.2) is 59.5 Å². The van der Waals surface area contributed by atoms with Crippen molar-refractivity contribution in [2.75, 3.05) is 39.6 Å². The molecule has 0 aliphatic carbocycles. The van der Waals surface area contributed by atoms with E-state index in [4.69, 9.17) is 14.2 Å². The van der Waals surface area contributed by atoms with E-state index in [-0.39, 0.29) is 6.79 Å². The van der Waals surface area contributed by atoms with Crippen LogP contribution in [0.3, 0.4) is 0 Å². The molecular formula is C25H28N2O5S. The summed E-state index contributed by atoms with van der Waals surface area (Å²) in [6.07, 6.45) is 0.894. The Kier molecular flexibility index (Phi) is 6.14. The molecule has 0 bridgehead atoms. The van der Waals surface area contributed by atoms with E-state index in [2.05, 4.69) is 4.90 Å². The second-order valence-electron chi connectivity index (χ2n) is 8.32. The molecule has 3 aromatic rings. The summed E-state index contributed by atoms with van der Waals surface area (Å²) in [7, 11) is -3.62. The molecule has 0 aromatic heterocycles. The first kappa shape index (κ1) is 22.0. The minimum absolute atomic E-state index is 0.260. The molecule has 7 nitrogen and oxygen atoms in total. The molecule has 33 heavy (non-hydrogen) atoms. The van der Waals surface area contributed by atoms with Gasteiger partial charge in [-0.3, -0.25) is 4.90 Å². The minimum Gasteiger partial charge on any atom is -0.493 e. The lowest BCUT2D eigenvalue weighted by molar-refractivity contribution is 0.173. The quantitative estimate of drug-likeness (QED) is 0.525. The van der Waals surface area contributed by atoms with Crippen LogP contribution in [0.1, 0.15) is 18.9 Å². The highest BCUT2D eigenvalue weighted by Gasteiger charge is 2.30. The van der Waals surface area contributed by atoms with E-state index >= 15 is 0 Å². The van der Waals surface area contributed by atoms with Gasteiger partial charge in [-0.1, -0.05) is 37.3 Å². The number of piperazine rings is 1. The fourth-order valence-electron chi connectivity index (χ4n) is 4.37. The van der Waals surface area contributed by atoms with Crippen LogP contribution in [0.5, 0.6) is 17.2 Å². The van der Waals surface area contributed by atoms with Crippen molar-refractivity contribution >= 4 is 20.8 Å². The number of hydrogen-bond donors (Lipinski definition) is 0. The third-order valence-corrected chi connectivity index (χ3v) is 8.05. The van der Waals surface area contributed by atoms with Crippen molar-refractivity contribution in [1.82, 2.24) is 9.21 Å². The molecule has 1 fully saturated rings. The molecule has 0 radical (unpaired) electrons. The maximum absolute atomic E-state index is 13.6. The van der Waals surface area contributed by atoms with Crippen LogP contribution < -0.4 is 14.2 Å². The van der Waals surface area contributed by atoms with E-state index in [1.165, 1.54) is 0 Å². The molecule has 3 aromatic carbocycles. The highest BCUT2D eigenvalue weighted by atomic mass is 32.2. The van der Waals surface area contributed by atoms with Gasteiger partial charge in [0.15, 0.2) is 11.5 Å². The number of hydrogen-bond acceptors (Lipinski definition) is 6. The lowest BCUT2D eigenvalue weighted by Gasteiger charge is -2.34. The van der Waals surface area contributed by atoms with Gasteiger partial charge in [0.05, 0.1) is 11.5 Å². The zero-order chi connectivity index (χ0) is 22.8. The Morgan fingerprint density at radius 2 is 1.67 bits per heavy atom. The molecule has 0 N–H and O–H groups in total. The molecule has 8 heteroatoms. The number of nitrogens with zero attached hydrogens (tertiary/aromatic N) is 2. The van der Waals surface area contributed by atoms with Gasteiger partial charge < -0.3 is 14.2 Å². The van der Waals surface area contributed by atoms with Crippen molar-refractivity contribution < 1.29 is 22.6 Å².